The van der Waals surface area contributed by atoms with Gasteiger partial charge in [0.2, 0.25) is 0 Å². The molecule has 0 saturated heterocycles. The van der Waals surface area contributed by atoms with Crippen LogP contribution in [-0.2, 0) is 16.1 Å². The number of phenols is 1. The monoisotopic (exact) mass is 445 g/mol. The molecule has 2 unspecified atom stereocenters. The van der Waals surface area contributed by atoms with Crippen molar-refractivity contribution in [3.63, 3.8) is 0 Å². The molecule has 2 rings (SSSR count). The number of ether oxygens (including phenoxy) is 1. The van der Waals surface area contributed by atoms with Crippen molar-refractivity contribution in [2.45, 2.75) is 78.1 Å². The van der Waals surface area contributed by atoms with E-state index in [9.17, 15) is 20.0 Å². The molecule has 0 saturated carbocycles. The minimum absolute atomic E-state index is 0.0101. The summed E-state index contributed by atoms with van der Waals surface area (Å²) in [7, 11) is 0. The molecule has 0 bridgehead atoms. The van der Waals surface area contributed by atoms with Gasteiger partial charge in [-0.1, -0.05) is 43.6 Å². The summed E-state index contributed by atoms with van der Waals surface area (Å²) < 4.78 is 5.43. The molecule has 0 spiro atoms. The lowest BCUT2D eigenvalue weighted by molar-refractivity contribution is -0.757. The second kappa shape index (κ2) is 12.3. The number of rotatable bonds is 12. The van der Waals surface area contributed by atoms with E-state index in [4.69, 9.17) is 4.74 Å². The standard InChI is InChI=1S/C25H35NO6/c1-5-6-7-9-19-15-20(32-24(28)10-8-13-31-26(29)30)16-23(27)25(19)22-14-18(4)11-12-21(22)17(2)3/h14-16,21-22,27H,2,5-13H2,1,3-4H3. The van der Waals surface area contributed by atoms with Gasteiger partial charge in [-0.05, 0) is 63.5 Å². The lowest BCUT2D eigenvalue weighted by Gasteiger charge is -2.32. The molecule has 1 aliphatic rings. The Morgan fingerprint density at radius 3 is 2.72 bits per heavy atom. The van der Waals surface area contributed by atoms with Crippen LogP contribution in [0.25, 0.3) is 0 Å². The third kappa shape index (κ3) is 7.39. The quantitative estimate of drug-likeness (QED) is 0.105. The molecule has 0 aliphatic heterocycles. The van der Waals surface area contributed by atoms with E-state index in [1.807, 2.05) is 13.0 Å². The van der Waals surface area contributed by atoms with Gasteiger partial charge < -0.3 is 14.7 Å². The van der Waals surface area contributed by atoms with Crippen LogP contribution in [0.5, 0.6) is 11.5 Å². The molecular weight excluding hydrogens is 410 g/mol. The molecule has 0 aromatic heterocycles. The molecule has 0 amide bonds. The van der Waals surface area contributed by atoms with E-state index >= 15 is 0 Å². The van der Waals surface area contributed by atoms with Crippen LogP contribution < -0.4 is 4.74 Å². The van der Waals surface area contributed by atoms with E-state index < -0.39 is 11.1 Å². The SMILES string of the molecule is C=C(C)C1CCC(C)=CC1c1c(O)cc(OC(=O)CCCO[N+](=O)[O-])cc1CCCCC. The van der Waals surface area contributed by atoms with Gasteiger partial charge in [0, 0.05) is 24.0 Å². The molecule has 0 heterocycles. The fourth-order valence-electron chi connectivity index (χ4n) is 4.33. The van der Waals surface area contributed by atoms with Crippen molar-refractivity contribution in [1.82, 2.24) is 0 Å². The zero-order chi connectivity index (χ0) is 23.7. The lowest BCUT2D eigenvalue weighted by Crippen LogP contribution is -2.19. The number of allylic oxidation sites excluding steroid dienone is 3. The molecule has 0 fully saturated rings. The number of hydrogen-bond donors (Lipinski definition) is 1. The summed E-state index contributed by atoms with van der Waals surface area (Å²) in [5.41, 5.74) is 4.29. The number of phenolic OH excluding ortho intramolecular Hbond substituents is 1. The summed E-state index contributed by atoms with van der Waals surface area (Å²) >= 11 is 0. The Morgan fingerprint density at radius 1 is 1.31 bits per heavy atom. The summed E-state index contributed by atoms with van der Waals surface area (Å²) in [5, 5.41) is 20.3. The first-order chi connectivity index (χ1) is 15.2. The van der Waals surface area contributed by atoms with Gasteiger partial charge in [-0.15, -0.1) is 10.1 Å². The molecule has 0 radical (unpaired) electrons. The molecule has 7 heteroatoms. The molecule has 1 aromatic carbocycles. The number of carbonyl (C=O) groups excluding carboxylic acids is 1. The van der Waals surface area contributed by atoms with E-state index in [0.29, 0.717) is 5.75 Å². The summed E-state index contributed by atoms with van der Waals surface area (Å²) in [6, 6.07) is 3.35. The van der Waals surface area contributed by atoms with Gasteiger partial charge in [-0.2, -0.15) is 0 Å². The number of benzene rings is 1. The minimum Gasteiger partial charge on any atom is -0.507 e. The first kappa shape index (κ1) is 25.4. The first-order valence-corrected chi connectivity index (χ1v) is 11.4. The van der Waals surface area contributed by atoms with Crippen molar-refractivity contribution >= 4 is 5.97 Å². The van der Waals surface area contributed by atoms with Crippen LogP contribution in [0.1, 0.15) is 82.8 Å². The van der Waals surface area contributed by atoms with Crippen LogP contribution in [-0.4, -0.2) is 22.8 Å². The highest BCUT2D eigenvalue weighted by Gasteiger charge is 2.30. The smallest absolute Gasteiger partial charge is 0.311 e. The maximum Gasteiger partial charge on any atom is 0.311 e. The fraction of sp³-hybridized carbons (Fsp3) is 0.560. The fourth-order valence-corrected chi connectivity index (χ4v) is 4.33. The van der Waals surface area contributed by atoms with Crippen molar-refractivity contribution in [1.29, 1.82) is 0 Å². The number of aromatic hydroxyl groups is 1. The number of esters is 1. The second-order valence-electron chi connectivity index (χ2n) is 8.64. The molecular formula is C25H35NO6. The van der Waals surface area contributed by atoms with Crippen LogP contribution in [0.3, 0.4) is 0 Å². The molecule has 1 aromatic rings. The van der Waals surface area contributed by atoms with Crippen molar-refractivity contribution in [3.05, 3.63) is 57.2 Å². The van der Waals surface area contributed by atoms with Crippen LogP contribution in [0.2, 0.25) is 0 Å². The molecule has 2 atom stereocenters. The van der Waals surface area contributed by atoms with Gasteiger partial charge in [0.15, 0.2) is 0 Å². The van der Waals surface area contributed by atoms with E-state index in [2.05, 4.69) is 31.3 Å². The van der Waals surface area contributed by atoms with Gasteiger partial charge in [0.25, 0.3) is 5.09 Å². The Morgan fingerprint density at radius 2 is 2.06 bits per heavy atom. The van der Waals surface area contributed by atoms with Crippen molar-refractivity contribution in [3.8, 4) is 11.5 Å². The predicted molar refractivity (Wildman–Crippen MR) is 123 cm³/mol. The predicted octanol–water partition coefficient (Wildman–Crippen LogP) is 6.03. The Kier molecular flexibility index (Phi) is 9.75. The van der Waals surface area contributed by atoms with Crippen molar-refractivity contribution in [2.24, 2.45) is 5.92 Å². The van der Waals surface area contributed by atoms with Gasteiger partial charge in [0.05, 0.1) is 6.61 Å². The summed E-state index contributed by atoms with van der Waals surface area (Å²) in [4.78, 5) is 26.6. The van der Waals surface area contributed by atoms with Gasteiger partial charge in [-0.3, -0.25) is 4.79 Å². The largest absolute Gasteiger partial charge is 0.507 e. The zero-order valence-electron chi connectivity index (χ0n) is 19.4. The van der Waals surface area contributed by atoms with Crippen molar-refractivity contribution < 1.29 is 24.6 Å². The van der Waals surface area contributed by atoms with Crippen LogP contribution in [0, 0.1) is 16.0 Å². The Balaban J connectivity index is 2.28. The van der Waals surface area contributed by atoms with Gasteiger partial charge in [0.1, 0.15) is 11.5 Å². The zero-order valence-corrected chi connectivity index (χ0v) is 19.4. The van der Waals surface area contributed by atoms with Gasteiger partial charge >= 0.3 is 5.97 Å². The molecule has 176 valence electrons. The number of hydrogen-bond acceptors (Lipinski definition) is 6. The second-order valence-corrected chi connectivity index (χ2v) is 8.64. The summed E-state index contributed by atoms with van der Waals surface area (Å²) in [6.45, 7) is 10.3. The van der Waals surface area contributed by atoms with Crippen molar-refractivity contribution in [2.75, 3.05) is 6.61 Å². The summed E-state index contributed by atoms with van der Waals surface area (Å²) in [6.07, 6.45) is 8.35. The van der Waals surface area contributed by atoms with Crippen LogP contribution in [0.15, 0.2) is 35.9 Å². The molecule has 7 nitrogen and oxygen atoms in total. The van der Waals surface area contributed by atoms with E-state index in [0.717, 1.165) is 55.2 Å². The molecule has 1 aliphatic carbocycles. The van der Waals surface area contributed by atoms with Gasteiger partial charge in [-0.25, -0.2) is 0 Å². The average Bonchev–Trinajstić information content (AvgIpc) is 2.71. The maximum atomic E-state index is 12.2. The first-order valence-electron chi connectivity index (χ1n) is 11.4. The van der Waals surface area contributed by atoms with E-state index in [-0.39, 0.29) is 37.0 Å². The number of carbonyl (C=O) groups is 1. The maximum absolute atomic E-state index is 12.2. The highest BCUT2D eigenvalue weighted by molar-refractivity contribution is 5.72. The van der Waals surface area contributed by atoms with Crippen LogP contribution >= 0.6 is 0 Å². The minimum atomic E-state index is -0.885. The Hall–Kier alpha value is -2.83. The number of aryl methyl sites for hydroxylation is 1. The Labute approximate surface area is 190 Å². The average molecular weight is 446 g/mol. The third-order valence-electron chi connectivity index (χ3n) is 5.93. The number of unbranched alkanes of at least 4 members (excludes halogenated alkanes) is 2. The molecule has 32 heavy (non-hydrogen) atoms. The topological polar surface area (TPSA) is 98.9 Å². The van der Waals surface area contributed by atoms with E-state index in [1.165, 1.54) is 11.6 Å². The van der Waals surface area contributed by atoms with Crippen LogP contribution in [0.4, 0.5) is 0 Å². The Bertz CT molecular complexity index is 860. The third-order valence-corrected chi connectivity index (χ3v) is 5.93. The normalized spacial score (nSPS) is 18.0. The van der Waals surface area contributed by atoms with E-state index in [1.54, 1.807) is 0 Å². The highest BCUT2D eigenvalue weighted by Crippen LogP contribution is 2.45. The lowest BCUT2D eigenvalue weighted by atomic mass is 9.72. The number of nitrogens with zero attached hydrogens (tertiary/aromatic N) is 1. The highest BCUT2D eigenvalue weighted by atomic mass is 16.9. The summed E-state index contributed by atoms with van der Waals surface area (Å²) in [5.74, 6) is 0.199. The molecule has 1 N–H and O–H groups in total.